The van der Waals surface area contributed by atoms with Gasteiger partial charge in [0.2, 0.25) is 0 Å². The molecule has 0 fully saturated rings. The van der Waals surface area contributed by atoms with E-state index in [9.17, 15) is 4.79 Å². The van der Waals surface area contributed by atoms with Crippen molar-refractivity contribution in [1.29, 1.82) is 0 Å². The van der Waals surface area contributed by atoms with Crippen LogP contribution in [0, 0.1) is 5.41 Å². The summed E-state index contributed by atoms with van der Waals surface area (Å²) in [5.74, 6) is -0.189. The Hall–Kier alpha value is -1.09. The minimum absolute atomic E-state index is 0.189. The molecule has 0 heterocycles. The molecule has 2 rings (SSSR count). The second-order valence-corrected chi connectivity index (χ2v) is 6.74. The van der Waals surface area contributed by atoms with Crippen molar-refractivity contribution < 1.29 is 9.53 Å². The van der Waals surface area contributed by atoms with Crippen LogP contribution in [-0.4, -0.2) is 5.97 Å². The summed E-state index contributed by atoms with van der Waals surface area (Å²) in [5.41, 5.74) is 2.08. The van der Waals surface area contributed by atoms with Gasteiger partial charge in [-0.05, 0) is 30.2 Å². The molecule has 0 spiro atoms. The predicted molar refractivity (Wildman–Crippen MR) is 79.8 cm³/mol. The van der Waals surface area contributed by atoms with Crippen molar-refractivity contribution in [3.05, 3.63) is 46.0 Å². The fourth-order valence-electron chi connectivity index (χ4n) is 2.24. The third-order valence-corrected chi connectivity index (χ3v) is 4.23. The van der Waals surface area contributed by atoms with E-state index in [2.05, 4.69) is 29.8 Å². The van der Waals surface area contributed by atoms with Gasteiger partial charge in [-0.15, -0.1) is 0 Å². The molecule has 3 heteroatoms. The number of allylic oxidation sites excluding steroid dienone is 1. The van der Waals surface area contributed by atoms with Crippen molar-refractivity contribution >= 4 is 21.9 Å². The molecule has 1 aromatic rings. The van der Waals surface area contributed by atoms with Crippen molar-refractivity contribution in [3.8, 4) is 0 Å². The molecule has 1 aromatic carbocycles. The van der Waals surface area contributed by atoms with E-state index in [1.165, 1.54) is 0 Å². The Bertz CT molecular complexity index is 489. The molecule has 102 valence electrons. The number of carbonyl (C=O) groups is 1. The molecule has 0 aliphatic heterocycles. The Balaban J connectivity index is 1.97. The normalized spacial score (nSPS) is 18.3. The van der Waals surface area contributed by atoms with Gasteiger partial charge in [0.1, 0.15) is 6.61 Å². The van der Waals surface area contributed by atoms with Gasteiger partial charge in [0.15, 0.2) is 0 Å². The number of carbonyl (C=O) groups excluding carboxylic acids is 1. The topological polar surface area (TPSA) is 26.3 Å². The molecule has 2 nitrogen and oxygen atoms in total. The lowest BCUT2D eigenvalue weighted by molar-refractivity contribution is -0.140. The summed E-state index contributed by atoms with van der Waals surface area (Å²) in [6.45, 7) is 4.79. The first kappa shape index (κ1) is 14.3. The van der Waals surface area contributed by atoms with Crippen LogP contribution in [0.1, 0.15) is 38.7 Å². The molecule has 0 amide bonds. The average Bonchev–Trinajstić information content (AvgIpc) is 2.36. The summed E-state index contributed by atoms with van der Waals surface area (Å²) in [5, 5.41) is 0. The van der Waals surface area contributed by atoms with E-state index < -0.39 is 0 Å². The van der Waals surface area contributed by atoms with Crippen molar-refractivity contribution in [3.63, 3.8) is 0 Å². The molecule has 1 aliphatic rings. The first-order chi connectivity index (χ1) is 8.98. The summed E-state index contributed by atoms with van der Waals surface area (Å²) in [6.07, 6.45) is 2.72. The molecule has 0 N–H and O–H groups in total. The van der Waals surface area contributed by atoms with Gasteiger partial charge in [-0.1, -0.05) is 60.1 Å². The molecule has 0 saturated heterocycles. The lowest BCUT2D eigenvalue weighted by Gasteiger charge is -2.30. The fourth-order valence-corrected chi connectivity index (χ4v) is 3.36. The van der Waals surface area contributed by atoms with Crippen LogP contribution in [0.25, 0.3) is 0 Å². The summed E-state index contributed by atoms with van der Waals surface area (Å²) >= 11 is 3.54. The SMILES string of the molecule is CC1(C)CCC(C(=O)OCc2ccccc2)=C(Br)C1. The maximum Gasteiger partial charge on any atom is 0.335 e. The number of ether oxygens (including phenoxy) is 1. The standard InChI is InChI=1S/C16H19BrO2/c1-16(2)9-8-13(14(17)10-16)15(18)19-11-12-6-4-3-5-7-12/h3-7H,8-11H2,1-2H3. The zero-order chi connectivity index (χ0) is 13.9. The second kappa shape index (κ2) is 5.91. The molecule has 19 heavy (non-hydrogen) atoms. The highest BCUT2D eigenvalue weighted by Gasteiger charge is 2.29. The van der Waals surface area contributed by atoms with E-state index in [1.54, 1.807) is 0 Å². The maximum atomic E-state index is 12.1. The molecule has 1 aliphatic carbocycles. The van der Waals surface area contributed by atoms with E-state index in [4.69, 9.17) is 4.74 Å². The highest BCUT2D eigenvalue weighted by atomic mass is 79.9. The lowest BCUT2D eigenvalue weighted by atomic mass is 9.78. The molecule has 0 unspecified atom stereocenters. The number of hydrogen-bond acceptors (Lipinski definition) is 2. The van der Waals surface area contributed by atoms with E-state index in [0.717, 1.165) is 34.9 Å². The molecular weight excluding hydrogens is 304 g/mol. The molecule has 0 atom stereocenters. The van der Waals surface area contributed by atoms with Crippen LogP contribution in [0.3, 0.4) is 0 Å². The Morgan fingerprint density at radius 1 is 1.32 bits per heavy atom. The summed E-state index contributed by atoms with van der Waals surface area (Å²) in [6, 6.07) is 9.76. The Kier molecular flexibility index (Phi) is 4.46. The van der Waals surface area contributed by atoms with Crippen LogP contribution in [-0.2, 0) is 16.1 Å². The van der Waals surface area contributed by atoms with Crippen molar-refractivity contribution in [1.82, 2.24) is 0 Å². The van der Waals surface area contributed by atoms with Gasteiger partial charge < -0.3 is 4.74 Å². The van der Waals surface area contributed by atoms with Gasteiger partial charge >= 0.3 is 5.97 Å². The van der Waals surface area contributed by atoms with E-state index >= 15 is 0 Å². The molecular formula is C16H19BrO2. The fraction of sp³-hybridized carbons (Fsp3) is 0.438. The molecule has 0 saturated carbocycles. The van der Waals surface area contributed by atoms with E-state index in [1.807, 2.05) is 30.3 Å². The van der Waals surface area contributed by atoms with Gasteiger partial charge in [-0.2, -0.15) is 0 Å². The average molecular weight is 323 g/mol. The highest BCUT2D eigenvalue weighted by molar-refractivity contribution is 9.11. The molecule has 0 aromatic heterocycles. The van der Waals surface area contributed by atoms with Crippen LogP contribution in [0.2, 0.25) is 0 Å². The maximum absolute atomic E-state index is 12.1. The van der Waals surface area contributed by atoms with Gasteiger partial charge in [-0.25, -0.2) is 4.79 Å². The predicted octanol–water partition coefficient (Wildman–Crippen LogP) is 4.59. The zero-order valence-electron chi connectivity index (χ0n) is 11.4. The van der Waals surface area contributed by atoms with Gasteiger partial charge in [0, 0.05) is 10.1 Å². The largest absolute Gasteiger partial charge is 0.457 e. The molecule has 0 radical (unpaired) electrons. The van der Waals surface area contributed by atoms with Gasteiger partial charge in [0.05, 0.1) is 0 Å². The number of rotatable bonds is 3. The quantitative estimate of drug-likeness (QED) is 0.761. The Morgan fingerprint density at radius 3 is 2.63 bits per heavy atom. The molecule has 0 bridgehead atoms. The number of hydrogen-bond donors (Lipinski definition) is 0. The summed E-state index contributed by atoms with van der Waals surface area (Å²) in [7, 11) is 0. The third-order valence-electron chi connectivity index (χ3n) is 3.47. The van der Waals surface area contributed by atoms with E-state index in [0.29, 0.717) is 6.61 Å². The number of halogens is 1. The minimum Gasteiger partial charge on any atom is -0.457 e. The lowest BCUT2D eigenvalue weighted by Crippen LogP contribution is -2.21. The highest BCUT2D eigenvalue weighted by Crippen LogP contribution is 2.41. The van der Waals surface area contributed by atoms with Crippen molar-refractivity contribution in [2.75, 3.05) is 0 Å². The third kappa shape index (κ3) is 3.93. The van der Waals surface area contributed by atoms with E-state index in [-0.39, 0.29) is 11.4 Å². The van der Waals surface area contributed by atoms with Crippen LogP contribution in [0.4, 0.5) is 0 Å². The monoisotopic (exact) mass is 322 g/mol. The van der Waals surface area contributed by atoms with Crippen LogP contribution in [0.15, 0.2) is 40.4 Å². The van der Waals surface area contributed by atoms with Crippen molar-refractivity contribution in [2.24, 2.45) is 5.41 Å². The summed E-state index contributed by atoms with van der Waals surface area (Å²) in [4.78, 5) is 12.1. The van der Waals surface area contributed by atoms with Crippen LogP contribution >= 0.6 is 15.9 Å². The summed E-state index contributed by atoms with van der Waals surface area (Å²) < 4.78 is 6.38. The first-order valence-corrected chi connectivity index (χ1v) is 7.36. The number of benzene rings is 1. The minimum atomic E-state index is -0.189. The Labute approximate surface area is 123 Å². The number of esters is 1. The zero-order valence-corrected chi connectivity index (χ0v) is 13.0. The van der Waals surface area contributed by atoms with Crippen LogP contribution < -0.4 is 0 Å². The van der Waals surface area contributed by atoms with Gasteiger partial charge in [0.25, 0.3) is 0 Å². The van der Waals surface area contributed by atoms with Gasteiger partial charge in [-0.3, -0.25) is 0 Å². The first-order valence-electron chi connectivity index (χ1n) is 6.56. The Morgan fingerprint density at radius 2 is 2.00 bits per heavy atom. The van der Waals surface area contributed by atoms with Crippen LogP contribution in [0.5, 0.6) is 0 Å². The second-order valence-electron chi connectivity index (χ2n) is 5.79. The smallest absolute Gasteiger partial charge is 0.335 e. The van der Waals surface area contributed by atoms with Crippen molar-refractivity contribution in [2.45, 2.75) is 39.7 Å².